The molecule has 0 aliphatic heterocycles. The van der Waals surface area contributed by atoms with Crippen LogP contribution in [0, 0.1) is 24.0 Å². The zero-order valence-corrected chi connectivity index (χ0v) is 62.1. The summed E-state index contributed by atoms with van der Waals surface area (Å²) in [5, 5.41) is 21.4. The van der Waals surface area contributed by atoms with Crippen LogP contribution in [0.3, 0.4) is 0 Å². The van der Waals surface area contributed by atoms with Crippen molar-refractivity contribution in [2.24, 2.45) is 0 Å². The number of nitrogens with one attached hydrogen (secondary N) is 1. The van der Waals surface area contributed by atoms with E-state index in [1.807, 2.05) is 137 Å². The highest BCUT2D eigenvalue weighted by atomic mass is 35.7. The molecule has 0 bridgehead atoms. The lowest BCUT2D eigenvalue weighted by atomic mass is 9.86. The van der Waals surface area contributed by atoms with Crippen LogP contribution in [0.2, 0.25) is 0 Å². The molecular weight excluding hydrogens is 1350 g/mol. The van der Waals surface area contributed by atoms with Gasteiger partial charge >= 0.3 is 0 Å². The number of anilines is 3. The van der Waals surface area contributed by atoms with E-state index < -0.39 is 24.0 Å². The summed E-state index contributed by atoms with van der Waals surface area (Å²) in [7, 11) is -2.05. The fourth-order valence-corrected chi connectivity index (χ4v) is 16.5. The molecule has 5 N–H and O–H groups in total. The van der Waals surface area contributed by atoms with Gasteiger partial charge in [-0.1, -0.05) is 137 Å². The molecule has 0 spiro atoms. The van der Waals surface area contributed by atoms with Crippen molar-refractivity contribution in [2.75, 3.05) is 16.2 Å². The fraction of sp³-hybridized carbons (Fsp3) is 0.317. The average Bonchev–Trinajstić information content (AvgIpc) is 1.67. The molecule has 21 heteroatoms. The van der Waals surface area contributed by atoms with Gasteiger partial charge in [0.15, 0.2) is 11.6 Å². The first kappa shape index (κ1) is 75.8. The quantitative estimate of drug-likeness (QED) is 0.0580. The van der Waals surface area contributed by atoms with E-state index in [-0.39, 0.29) is 56.1 Å². The zero-order chi connectivity index (χ0) is 73.6. The Morgan fingerprint density at radius 1 is 0.495 bits per heavy atom. The Bertz CT molecular complexity index is 5340. The van der Waals surface area contributed by atoms with Gasteiger partial charge in [0.25, 0.3) is 24.8 Å². The zero-order valence-electron chi connectivity index (χ0n) is 59.7. The molecule has 7 aromatic carbocycles. The van der Waals surface area contributed by atoms with Gasteiger partial charge in [0.05, 0.1) is 48.5 Å². The second-order valence-electron chi connectivity index (χ2n) is 30.1. The molecule has 11 aromatic rings. The maximum absolute atomic E-state index is 13.3. The Hall–Kier alpha value is -9.89. The molecule has 0 radical (unpaired) electrons. The third-order valence-corrected chi connectivity index (χ3v) is 22.9. The van der Waals surface area contributed by atoms with E-state index >= 15 is 0 Å². The van der Waals surface area contributed by atoms with Crippen molar-refractivity contribution in [1.29, 1.82) is 0 Å². The predicted octanol–water partition coefficient (Wildman–Crippen LogP) is 18.0. The molecule has 103 heavy (non-hydrogen) atoms. The lowest BCUT2D eigenvalue weighted by Gasteiger charge is -2.19. The van der Waals surface area contributed by atoms with Crippen molar-refractivity contribution in [1.82, 2.24) is 29.5 Å². The highest BCUT2D eigenvalue weighted by Gasteiger charge is 2.38. The number of benzene rings is 7. The first-order valence-corrected chi connectivity index (χ1v) is 37.9. The van der Waals surface area contributed by atoms with Crippen LogP contribution in [0.5, 0.6) is 0 Å². The van der Waals surface area contributed by atoms with Crippen molar-refractivity contribution >= 4 is 86.1 Å². The number of carbonyl (C=O) groups excluding carboxylic acids is 2. The number of non-ortho nitro benzene ring substituents is 1. The third-order valence-electron chi connectivity index (χ3n) is 20.2. The van der Waals surface area contributed by atoms with Gasteiger partial charge in [0, 0.05) is 87.8 Å². The molecular formula is C82H91ClN10O8S2. The normalized spacial score (nSPS) is 16.2. The Morgan fingerprint density at radius 3 is 1.47 bits per heavy atom. The smallest absolute Gasteiger partial charge is 0.270 e. The number of carbonyl (C=O) groups is 2. The maximum Gasteiger partial charge on any atom is 0.270 e. The topological polar surface area (TPSA) is 271 Å². The van der Waals surface area contributed by atoms with Gasteiger partial charge in [-0.15, -0.1) is 0 Å². The highest BCUT2D eigenvalue weighted by molar-refractivity contribution is 8.13. The molecule has 5 aliphatic rings. The molecule has 0 fully saturated rings. The summed E-state index contributed by atoms with van der Waals surface area (Å²) in [5.41, 5.74) is 29.3. The highest BCUT2D eigenvalue weighted by Crippen LogP contribution is 2.44. The van der Waals surface area contributed by atoms with Crippen molar-refractivity contribution in [3.05, 3.63) is 259 Å². The van der Waals surface area contributed by atoms with E-state index in [2.05, 4.69) is 98.5 Å². The van der Waals surface area contributed by atoms with Crippen LogP contribution in [-0.2, 0) is 65.4 Å². The number of pyridine rings is 2. The minimum Gasteiger partial charge on any atom is -0.399 e. The van der Waals surface area contributed by atoms with Crippen LogP contribution in [-0.4, -0.2) is 62.9 Å². The number of nitrogens with zero attached hydrogens (tertiary/aromatic N) is 7. The summed E-state index contributed by atoms with van der Waals surface area (Å²) in [6.07, 6.45) is 11.0. The average molecular weight is 1440 g/mol. The van der Waals surface area contributed by atoms with Crippen LogP contribution >= 0.6 is 10.7 Å². The summed E-state index contributed by atoms with van der Waals surface area (Å²) < 4.78 is 55.0. The molecule has 16 rings (SSSR count). The second kappa shape index (κ2) is 29.1. The number of halogens is 1. The van der Waals surface area contributed by atoms with E-state index in [0.29, 0.717) is 41.1 Å². The summed E-state index contributed by atoms with van der Waals surface area (Å²) >= 11 is 0. The predicted molar refractivity (Wildman–Crippen MR) is 413 cm³/mol. The van der Waals surface area contributed by atoms with Gasteiger partial charge in [0.1, 0.15) is 11.6 Å². The first-order chi connectivity index (χ1) is 47.9. The number of nitro benzene ring substituents is 1. The Balaban J connectivity index is 0.000000138. The second-order valence-corrected chi connectivity index (χ2v) is 34.4. The number of nitrogen functional groups attached to an aromatic ring is 2. The number of aromatic nitrogens is 6. The number of hydrogen-bond acceptors (Lipinski definition) is 14. The van der Waals surface area contributed by atoms with Crippen LogP contribution in [0.1, 0.15) is 185 Å². The van der Waals surface area contributed by atoms with Crippen LogP contribution in [0.15, 0.2) is 192 Å². The van der Waals surface area contributed by atoms with Gasteiger partial charge in [0.2, 0.25) is 0 Å². The van der Waals surface area contributed by atoms with E-state index in [0.717, 1.165) is 92.5 Å². The number of ketones is 2. The number of nitrogens with two attached hydrogens (primary N) is 2. The summed E-state index contributed by atoms with van der Waals surface area (Å²) in [6.45, 7) is 25.3. The molecule has 0 atom stereocenters. The Kier molecular flexibility index (Phi) is 21.4. The molecule has 536 valence electrons. The fourth-order valence-electron chi connectivity index (χ4n) is 14.6. The maximum atomic E-state index is 13.3. The van der Waals surface area contributed by atoms with Crippen molar-refractivity contribution in [2.45, 2.75) is 179 Å². The van der Waals surface area contributed by atoms with Crippen LogP contribution in [0.4, 0.5) is 23.0 Å². The van der Waals surface area contributed by atoms with Gasteiger partial charge in [-0.3, -0.25) is 34.4 Å². The van der Waals surface area contributed by atoms with Crippen molar-refractivity contribution in [3.8, 4) is 11.4 Å². The first-order valence-electron chi connectivity index (χ1n) is 34.1. The molecule has 4 aromatic heterocycles. The summed E-state index contributed by atoms with van der Waals surface area (Å²) in [5.74, 6) is 1.32. The SMILES string of the molecule is C.CC1(C)CC(=O)c2cc([N+](=O)[O-])ccc21.CC1(C)CC(=O)c2ccccc21.CC1(C)CCc2cc(N)ccc21.CC1(C)CCc2cc(S(=O)(=O)Cl)ccc21.Cc1cc(N)n(-c2cccc3ncccc23)n1.Cc1cc(NS(=O)(=O)c2ccc3c(c2)CCC3(C)C)n(-c2cccc3ncccc23)n1. The monoisotopic (exact) mass is 1440 g/mol. The van der Waals surface area contributed by atoms with E-state index in [9.17, 15) is 36.5 Å². The largest absolute Gasteiger partial charge is 0.399 e. The van der Waals surface area contributed by atoms with Crippen molar-refractivity contribution in [3.63, 3.8) is 0 Å². The molecule has 0 amide bonds. The van der Waals surface area contributed by atoms with Crippen LogP contribution in [0.25, 0.3) is 33.2 Å². The molecule has 0 unspecified atom stereocenters. The van der Waals surface area contributed by atoms with Gasteiger partial charge in [-0.25, -0.2) is 26.2 Å². The van der Waals surface area contributed by atoms with E-state index in [4.69, 9.17) is 22.1 Å². The number of fused-ring (bicyclic) bond motifs is 7. The van der Waals surface area contributed by atoms with Crippen molar-refractivity contribution < 1.29 is 31.3 Å². The number of sulfonamides is 1. The van der Waals surface area contributed by atoms with Gasteiger partial charge < -0.3 is 11.5 Å². The minimum atomic E-state index is -3.77. The number of hydrogen-bond donors (Lipinski definition) is 3. The lowest BCUT2D eigenvalue weighted by molar-refractivity contribution is -0.384. The molecule has 0 saturated heterocycles. The van der Waals surface area contributed by atoms with E-state index in [1.54, 1.807) is 52.1 Å². The van der Waals surface area contributed by atoms with Gasteiger partial charge in [-0.05, 0) is 209 Å². The molecule has 5 aliphatic carbocycles. The lowest BCUT2D eigenvalue weighted by Crippen LogP contribution is -2.17. The summed E-state index contributed by atoms with van der Waals surface area (Å²) in [6, 6.07) is 52.4. The summed E-state index contributed by atoms with van der Waals surface area (Å²) in [4.78, 5) is 42.4. The Morgan fingerprint density at radius 2 is 0.951 bits per heavy atom. The van der Waals surface area contributed by atoms with E-state index in [1.165, 1.54) is 52.8 Å². The third kappa shape index (κ3) is 16.3. The van der Waals surface area contributed by atoms with Gasteiger partial charge in [-0.2, -0.15) is 10.2 Å². The van der Waals surface area contributed by atoms with Crippen LogP contribution < -0.4 is 16.2 Å². The number of aryl methyl sites for hydroxylation is 5. The molecule has 0 saturated carbocycles. The number of Topliss-reactive ketones (excluding diaryl/α,β-unsaturated/α-hetero) is 2. The Labute approximate surface area is 609 Å². The molecule has 18 nitrogen and oxygen atoms in total. The molecule has 4 heterocycles. The minimum absolute atomic E-state index is 0. The number of nitro groups is 1. The number of rotatable bonds is 7. The standard InChI is InChI=1S/C24H24N4O2S.C13H12N4.C11H13ClO2S.C11H11NO3.C11H15N.C11H12O.CH4/c1-16-14-23(28(26-16)22-8-4-7-21-19(22)6-5-13-25-21)27-31(29,30)18-9-10-20-17(15-18)11-12-24(20,2)3;1-9-8-13(14)17(16-9)12-6-2-5-11-10(12)4-3-7-15-11;1-11(2)6-5-8-7-9(15(12,13)14)3-4-10(8)11;1-11(2)6-10(13)8-5-7(12(14)15)3-4-9(8)11;1-11(2)6-5-8-7-9(12)3-4-10(8)11;1-11(2)7-10(12)8-5-3-4-6-9(8)11;/h4-10,13-15,27H,11-12H2,1-3H3;2-8H,14H2,1H3;3-4,7H,5-6H2,1-2H3;3-5H,6H2,1-2H3;3-4,7H,5-6,12H2,1-2H3;3-6H,7H2,1-2H3;1H4.